The van der Waals surface area contributed by atoms with Crippen LogP contribution < -0.4 is 0 Å². The van der Waals surface area contributed by atoms with Crippen molar-refractivity contribution in [2.75, 3.05) is 0 Å². The zero-order chi connectivity index (χ0) is 13.6. The second-order valence-electron chi connectivity index (χ2n) is 6.14. The molecule has 18 heavy (non-hydrogen) atoms. The van der Waals surface area contributed by atoms with Crippen LogP contribution in [0.25, 0.3) is 0 Å². The van der Waals surface area contributed by atoms with Crippen LogP contribution in [0.3, 0.4) is 0 Å². The lowest BCUT2D eigenvalue weighted by Gasteiger charge is -2.25. The van der Waals surface area contributed by atoms with Crippen LogP contribution in [-0.2, 0) is 0 Å². The Labute approximate surface area is 117 Å². The minimum Gasteiger partial charge on any atom is -0.118 e. The van der Waals surface area contributed by atoms with Gasteiger partial charge in [0.15, 0.2) is 0 Å². The van der Waals surface area contributed by atoms with E-state index in [1.807, 2.05) is 0 Å². The molecule has 2 atom stereocenters. The van der Waals surface area contributed by atoms with Crippen LogP contribution >= 0.6 is 11.6 Å². The highest BCUT2D eigenvalue weighted by Gasteiger charge is 2.34. The van der Waals surface area contributed by atoms with Crippen LogP contribution in [0, 0.1) is 46.5 Å². The topological polar surface area (TPSA) is 0 Å². The van der Waals surface area contributed by atoms with E-state index < -0.39 is 0 Å². The van der Waals surface area contributed by atoms with Crippen LogP contribution in [0.5, 0.6) is 0 Å². The van der Waals surface area contributed by atoms with Gasteiger partial charge in [0.25, 0.3) is 0 Å². The molecule has 0 radical (unpaired) electrons. The van der Waals surface area contributed by atoms with Gasteiger partial charge in [-0.05, 0) is 92.7 Å². The largest absolute Gasteiger partial charge is 0.118 e. The van der Waals surface area contributed by atoms with Crippen molar-refractivity contribution in [2.45, 2.75) is 59.8 Å². The molecule has 2 unspecified atom stereocenters. The minimum atomic E-state index is 0.176. The first-order chi connectivity index (χ1) is 8.36. The maximum Gasteiger partial charge on any atom is 0.0618 e. The molecule has 0 aliphatic heterocycles. The van der Waals surface area contributed by atoms with E-state index in [2.05, 4.69) is 41.5 Å². The lowest BCUT2D eigenvalue weighted by molar-refractivity contribution is 0.488. The van der Waals surface area contributed by atoms with Gasteiger partial charge in [-0.25, -0.2) is 0 Å². The summed E-state index contributed by atoms with van der Waals surface area (Å²) in [5, 5.41) is 0.176. The summed E-state index contributed by atoms with van der Waals surface area (Å²) in [7, 11) is 0. The lowest BCUT2D eigenvalue weighted by atomic mass is 9.84. The van der Waals surface area contributed by atoms with Crippen molar-refractivity contribution in [1.29, 1.82) is 0 Å². The maximum atomic E-state index is 6.80. The van der Waals surface area contributed by atoms with Gasteiger partial charge in [0, 0.05) is 0 Å². The molecule has 1 aliphatic carbocycles. The molecule has 1 saturated carbocycles. The van der Waals surface area contributed by atoms with E-state index in [1.165, 1.54) is 46.2 Å². The molecule has 1 fully saturated rings. The van der Waals surface area contributed by atoms with Crippen LogP contribution in [0.4, 0.5) is 0 Å². The molecule has 0 heterocycles. The minimum absolute atomic E-state index is 0.176. The van der Waals surface area contributed by atoms with Gasteiger partial charge < -0.3 is 0 Å². The van der Waals surface area contributed by atoms with Gasteiger partial charge in [-0.3, -0.25) is 0 Å². The molecule has 2 rings (SSSR count). The Balaban J connectivity index is 2.49. The van der Waals surface area contributed by atoms with Crippen LogP contribution in [0.2, 0.25) is 0 Å². The van der Waals surface area contributed by atoms with Crippen molar-refractivity contribution in [3.8, 4) is 0 Å². The summed E-state index contributed by atoms with van der Waals surface area (Å²) in [5.74, 6) is 1.46. The number of hydrogen-bond acceptors (Lipinski definition) is 0. The van der Waals surface area contributed by atoms with Crippen molar-refractivity contribution in [3.63, 3.8) is 0 Å². The van der Waals surface area contributed by atoms with Gasteiger partial charge in [0.05, 0.1) is 5.38 Å². The van der Waals surface area contributed by atoms with Crippen molar-refractivity contribution in [1.82, 2.24) is 0 Å². The molecule has 1 aromatic carbocycles. The molecular weight excluding hydrogens is 240 g/mol. The Bertz CT molecular complexity index is 440. The first-order valence-electron chi connectivity index (χ1n) is 7.07. The van der Waals surface area contributed by atoms with Crippen molar-refractivity contribution < 1.29 is 0 Å². The zero-order valence-corrected chi connectivity index (χ0v) is 13.3. The summed E-state index contributed by atoms with van der Waals surface area (Å²) >= 11 is 6.80. The average molecular weight is 265 g/mol. The molecule has 1 aliphatic rings. The van der Waals surface area contributed by atoms with E-state index in [4.69, 9.17) is 11.6 Å². The zero-order valence-electron chi connectivity index (χ0n) is 12.5. The van der Waals surface area contributed by atoms with Gasteiger partial charge >= 0.3 is 0 Å². The highest BCUT2D eigenvalue weighted by atomic mass is 35.5. The number of rotatable bonds is 3. The monoisotopic (exact) mass is 264 g/mol. The van der Waals surface area contributed by atoms with E-state index in [9.17, 15) is 0 Å². The third kappa shape index (κ3) is 2.20. The fourth-order valence-corrected chi connectivity index (χ4v) is 3.60. The Morgan fingerprint density at radius 3 is 1.61 bits per heavy atom. The Kier molecular flexibility index (Phi) is 3.78. The Morgan fingerprint density at radius 1 is 0.833 bits per heavy atom. The molecule has 1 heteroatoms. The third-order valence-corrected chi connectivity index (χ3v) is 5.78. The van der Waals surface area contributed by atoms with Gasteiger partial charge in [0.1, 0.15) is 0 Å². The number of halogens is 1. The van der Waals surface area contributed by atoms with Gasteiger partial charge in [0.2, 0.25) is 0 Å². The Hall–Kier alpha value is -0.490. The molecule has 0 N–H and O–H groups in total. The summed E-state index contributed by atoms with van der Waals surface area (Å²) < 4.78 is 0. The van der Waals surface area contributed by atoms with E-state index in [0.717, 1.165) is 5.92 Å². The average Bonchev–Trinajstić information content (AvgIpc) is 3.17. The van der Waals surface area contributed by atoms with E-state index in [1.54, 1.807) is 0 Å². The third-order valence-electron chi connectivity index (χ3n) is 5.16. The summed E-state index contributed by atoms with van der Waals surface area (Å²) in [6.45, 7) is 13.5. The summed E-state index contributed by atoms with van der Waals surface area (Å²) in [6.07, 6.45) is 2.73. The normalized spacial score (nSPS) is 18.8. The molecule has 0 amide bonds. The summed E-state index contributed by atoms with van der Waals surface area (Å²) in [6, 6.07) is 0. The first kappa shape index (κ1) is 13.9. The van der Waals surface area contributed by atoms with Crippen molar-refractivity contribution >= 4 is 11.6 Å². The lowest BCUT2D eigenvalue weighted by Crippen LogP contribution is -2.12. The quantitative estimate of drug-likeness (QED) is 0.628. The highest BCUT2D eigenvalue weighted by molar-refractivity contribution is 6.21. The summed E-state index contributed by atoms with van der Waals surface area (Å²) in [5.41, 5.74) is 8.48. The van der Waals surface area contributed by atoms with Crippen LogP contribution in [0.1, 0.15) is 58.5 Å². The summed E-state index contributed by atoms with van der Waals surface area (Å²) in [4.78, 5) is 0. The molecule has 1 aromatic rings. The molecule has 0 saturated heterocycles. The van der Waals surface area contributed by atoms with E-state index in [-0.39, 0.29) is 5.38 Å². The van der Waals surface area contributed by atoms with Gasteiger partial charge in [-0.1, -0.05) is 6.92 Å². The van der Waals surface area contributed by atoms with Gasteiger partial charge in [-0.15, -0.1) is 11.6 Å². The standard InChI is InChI=1S/C17H25Cl/c1-9-10(2)12(4)16(13(5)11(9)3)17(18)14(6)15-7-8-15/h14-15,17H,7-8H2,1-6H3. The predicted octanol–water partition coefficient (Wildman–Crippen LogP) is 5.55. The second kappa shape index (κ2) is 4.89. The molecule has 100 valence electrons. The van der Waals surface area contributed by atoms with E-state index >= 15 is 0 Å². The first-order valence-corrected chi connectivity index (χ1v) is 7.50. The van der Waals surface area contributed by atoms with Crippen LogP contribution in [0.15, 0.2) is 0 Å². The molecular formula is C17H25Cl. The maximum absolute atomic E-state index is 6.80. The molecule has 0 bridgehead atoms. The predicted molar refractivity (Wildman–Crippen MR) is 80.6 cm³/mol. The highest BCUT2D eigenvalue weighted by Crippen LogP contribution is 2.47. The molecule has 0 spiro atoms. The fourth-order valence-electron chi connectivity index (χ4n) is 3.07. The van der Waals surface area contributed by atoms with Crippen molar-refractivity contribution in [3.05, 3.63) is 33.4 Å². The van der Waals surface area contributed by atoms with Crippen molar-refractivity contribution in [2.24, 2.45) is 11.8 Å². The fraction of sp³-hybridized carbons (Fsp3) is 0.647. The number of alkyl halides is 1. The van der Waals surface area contributed by atoms with Crippen LogP contribution in [-0.4, -0.2) is 0 Å². The second-order valence-corrected chi connectivity index (χ2v) is 6.61. The Morgan fingerprint density at radius 2 is 1.22 bits per heavy atom. The number of benzene rings is 1. The smallest absolute Gasteiger partial charge is 0.0618 e. The molecule has 0 aromatic heterocycles. The SMILES string of the molecule is Cc1c(C)c(C)c(C(Cl)C(C)C2CC2)c(C)c1C. The molecule has 0 nitrogen and oxygen atoms in total. The van der Waals surface area contributed by atoms with E-state index in [0.29, 0.717) is 5.92 Å². The van der Waals surface area contributed by atoms with Gasteiger partial charge in [-0.2, -0.15) is 0 Å². The number of hydrogen-bond donors (Lipinski definition) is 0.